The molecule has 1 aromatic heterocycles. The van der Waals surface area contributed by atoms with E-state index in [0.29, 0.717) is 17.0 Å². The van der Waals surface area contributed by atoms with Crippen LogP contribution in [0.5, 0.6) is 5.75 Å². The van der Waals surface area contributed by atoms with Crippen molar-refractivity contribution in [3.05, 3.63) is 42.2 Å². The SMILES string of the molecule is CC(=O)NC[C@H]1CN(S(=O)(=O)c2cncc(C)c2)c2cc(NC(=O)OC(C)(C)C)ccc2O1.[HH].[HH]. The number of aromatic nitrogens is 1. The molecular formula is C22H32N4O6S. The number of hydrogen-bond donors (Lipinski definition) is 2. The van der Waals surface area contributed by atoms with Gasteiger partial charge < -0.3 is 14.8 Å². The van der Waals surface area contributed by atoms with Gasteiger partial charge in [0.15, 0.2) is 0 Å². The van der Waals surface area contributed by atoms with Crippen LogP contribution in [0.1, 0.15) is 36.1 Å². The summed E-state index contributed by atoms with van der Waals surface area (Å²) in [6.45, 7) is 8.44. The zero-order valence-electron chi connectivity index (χ0n) is 19.2. The second-order valence-corrected chi connectivity index (χ2v) is 10.6. The van der Waals surface area contributed by atoms with Gasteiger partial charge in [-0.25, -0.2) is 13.2 Å². The van der Waals surface area contributed by atoms with E-state index in [1.807, 2.05) is 0 Å². The Morgan fingerprint density at radius 2 is 2.00 bits per heavy atom. The van der Waals surface area contributed by atoms with Crippen molar-refractivity contribution in [3.8, 4) is 5.75 Å². The molecule has 2 heterocycles. The predicted octanol–water partition coefficient (Wildman–Crippen LogP) is 3.32. The van der Waals surface area contributed by atoms with Gasteiger partial charge in [-0.15, -0.1) is 0 Å². The normalized spacial score (nSPS) is 15.8. The Morgan fingerprint density at radius 1 is 1.27 bits per heavy atom. The molecule has 0 fully saturated rings. The van der Waals surface area contributed by atoms with E-state index in [-0.39, 0.29) is 32.4 Å². The van der Waals surface area contributed by atoms with Crippen molar-refractivity contribution in [1.82, 2.24) is 10.3 Å². The Balaban J connectivity index is 0.00000306. The topological polar surface area (TPSA) is 127 Å². The molecule has 0 saturated heterocycles. The Kier molecular flexibility index (Phi) is 6.82. The first kappa shape index (κ1) is 24.3. The molecule has 1 aromatic carbocycles. The number of anilines is 2. The van der Waals surface area contributed by atoms with Crippen LogP contribution in [0.2, 0.25) is 0 Å². The van der Waals surface area contributed by atoms with E-state index < -0.39 is 27.8 Å². The van der Waals surface area contributed by atoms with Crippen molar-refractivity contribution >= 4 is 33.4 Å². The predicted molar refractivity (Wildman–Crippen MR) is 127 cm³/mol. The number of nitrogens with one attached hydrogen (secondary N) is 2. The second kappa shape index (κ2) is 9.26. The molecule has 0 bridgehead atoms. The molecule has 2 N–H and O–H groups in total. The number of hydrogen-bond acceptors (Lipinski definition) is 7. The van der Waals surface area contributed by atoms with Crippen LogP contribution in [0.3, 0.4) is 0 Å². The first-order valence-corrected chi connectivity index (χ1v) is 11.8. The quantitative estimate of drug-likeness (QED) is 0.672. The largest absolute Gasteiger partial charge is 0.484 e. The molecule has 1 aliphatic heterocycles. The highest BCUT2D eigenvalue weighted by atomic mass is 32.2. The number of fused-ring (bicyclic) bond motifs is 1. The monoisotopic (exact) mass is 480 g/mol. The number of rotatable bonds is 5. The molecule has 11 heteroatoms. The zero-order valence-corrected chi connectivity index (χ0v) is 20.0. The summed E-state index contributed by atoms with van der Waals surface area (Å²) in [5.41, 5.74) is 0.601. The van der Waals surface area contributed by atoms with E-state index in [1.54, 1.807) is 46.0 Å². The van der Waals surface area contributed by atoms with Crippen molar-refractivity contribution in [2.75, 3.05) is 22.7 Å². The fraction of sp³-hybridized carbons (Fsp3) is 0.409. The van der Waals surface area contributed by atoms with Crippen LogP contribution in [-0.2, 0) is 19.6 Å². The van der Waals surface area contributed by atoms with Gasteiger partial charge in [-0.1, -0.05) is 0 Å². The Bertz CT molecular complexity index is 1170. The van der Waals surface area contributed by atoms with Gasteiger partial charge in [0.1, 0.15) is 22.4 Å². The van der Waals surface area contributed by atoms with Crippen LogP contribution >= 0.6 is 0 Å². The van der Waals surface area contributed by atoms with Gasteiger partial charge in [0.05, 0.1) is 18.8 Å². The van der Waals surface area contributed by atoms with Crippen LogP contribution in [0.4, 0.5) is 16.2 Å². The molecule has 2 aromatic rings. The van der Waals surface area contributed by atoms with Crippen LogP contribution in [-0.4, -0.2) is 50.2 Å². The number of benzene rings is 1. The number of amides is 2. The first-order chi connectivity index (χ1) is 15.3. The van der Waals surface area contributed by atoms with Gasteiger partial charge in [0.25, 0.3) is 10.0 Å². The molecule has 0 aliphatic carbocycles. The van der Waals surface area contributed by atoms with Crippen LogP contribution in [0.15, 0.2) is 41.6 Å². The first-order valence-electron chi connectivity index (χ1n) is 10.3. The van der Waals surface area contributed by atoms with Gasteiger partial charge >= 0.3 is 6.09 Å². The number of carbonyl (C=O) groups excluding carboxylic acids is 2. The smallest absolute Gasteiger partial charge is 0.412 e. The third-order valence-electron chi connectivity index (χ3n) is 4.55. The molecule has 10 nitrogen and oxygen atoms in total. The average Bonchev–Trinajstić information content (AvgIpc) is 2.70. The van der Waals surface area contributed by atoms with E-state index >= 15 is 0 Å². The van der Waals surface area contributed by atoms with Crippen molar-refractivity contribution < 1.29 is 30.3 Å². The molecule has 1 aliphatic rings. The van der Waals surface area contributed by atoms with E-state index in [4.69, 9.17) is 9.47 Å². The van der Waals surface area contributed by atoms with E-state index in [1.165, 1.54) is 29.6 Å². The van der Waals surface area contributed by atoms with Crippen molar-refractivity contribution in [2.45, 2.75) is 51.2 Å². The molecule has 33 heavy (non-hydrogen) atoms. The summed E-state index contributed by atoms with van der Waals surface area (Å²) in [7, 11) is -4.01. The standard InChI is InChI=1S/C22H28N4O6S.2H2/c1-14-8-18(12-23-10-14)33(29,30)26-13-17(11-24-15(2)27)31-20-7-6-16(9-19(20)26)25-21(28)32-22(3,4)5;;/h6-10,12,17H,11,13H2,1-5H3,(H,24,27)(H,25,28);2*1H/t17-;;/m0../s1. The van der Waals surface area contributed by atoms with Crippen LogP contribution in [0, 0.1) is 6.92 Å². The summed E-state index contributed by atoms with van der Waals surface area (Å²) in [4.78, 5) is 27.6. The maximum Gasteiger partial charge on any atom is 0.412 e. The van der Waals surface area contributed by atoms with Crippen molar-refractivity contribution in [2.24, 2.45) is 0 Å². The molecule has 1 atom stereocenters. The molecule has 0 spiro atoms. The Hall–Kier alpha value is -3.34. The fourth-order valence-electron chi connectivity index (χ4n) is 3.20. The van der Waals surface area contributed by atoms with Gasteiger partial charge in [0, 0.05) is 27.9 Å². The summed E-state index contributed by atoms with van der Waals surface area (Å²) in [5, 5.41) is 5.27. The minimum Gasteiger partial charge on any atom is -0.484 e. The number of pyridine rings is 1. The van der Waals surface area contributed by atoms with E-state index in [9.17, 15) is 18.0 Å². The van der Waals surface area contributed by atoms with Crippen molar-refractivity contribution in [1.29, 1.82) is 0 Å². The maximum atomic E-state index is 13.5. The summed E-state index contributed by atoms with van der Waals surface area (Å²) in [5.74, 6) is 0.0501. The molecule has 182 valence electrons. The van der Waals surface area contributed by atoms with Crippen molar-refractivity contribution in [3.63, 3.8) is 0 Å². The van der Waals surface area contributed by atoms with Gasteiger partial charge in [0.2, 0.25) is 5.91 Å². The molecule has 0 unspecified atom stereocenters. The average molecular weight is 481 g/mol. The summed E-state index contributed by atoms with van der Waals surface area (Å²) in [6.07, 6.45) is 1.57. The summed E-state index contributed by atoms with van der Waals surface area (Å²) >= 11 is 0. The minimum absolute atomic E-state index is 0. The Labute approximate surface area is 196 Å². The third-order valence-corrected chi connectivity index (χ3v) is 6.30. The highest BCUT2D eigenvalue weighted by molar-refractivity contribution is 7.92. The zero-order chi connectivity index (χ0) is 24.4. The molecule has 0 saturated carbocycles. The second-order valence-electron chi connectivity index (χ2n) is 8.72. The highest BCUT2D eigenvalue weighted by Gasteiger charge is 2.35. The highest BCUT2D eigenvalue weighted by Crippen LogP contribution is 2.39. The Morgan fingerprint density at radius 3 is 2.64 bits per heavy atom. The van der Waals surface area contributed by atoms with E-state index in [0.717, 1.165) is 0 Å². The maximum absolute atomic E-state index is 13.5. The molecule has 0 radical (unpaired) electrons. The molecule has 3 rings (SSSR count). The molecule has 2 amide bonds. The number of sulfonamides is 1. The van der Waals surface area contributed by atoms with E-state index in [2.05, 4.69) is 15.6 Å². The summed E-state index contributed by atoms with van der Waals surface area (Å²) in [6, 6.07) is 6.19. The molecular weight excluding hydrogens is 448 g/mol. The number of carbonyl (C=O) groups is 2. The lowest BCUT2D eigenvalue weighted by atomic mass is 10.2. The number of aryl methyl sites for hydroxylation is 1. The minimum atomic E-state index is -4.01. The third kappa shape index (κ3) is 6.13. The van der Waals surface area contributed by atoms with Gasteiger partial charge in [-0.05, 0) is 57.5 Å². The number of nitrogens with zero attached hydrogens (tertiary/aromatic N) is 2. The number of ether oxygens (including phenoxy) is 2. The van der Waals surface area contributed by atoms with Crippen LogP contribution < -0.4 is 19.7 Å². The fourth-order valence-corrected chi connectivity index (χ4v) is 4.75. The lowest BCUT2D eigenvalue weighted by molar-refractivity contribution is -0.119. The van der Waals surface area contributed by atoms with Gasteiger partial charge in [-0.2, -0.15) is 0 Å². The van der Waals surface area contributed by atoms with Gasteiger partial charge in [-0.3, -0.25) is 19.4 Å². The van der Waals surface area contributed by atoms with Crippen LogP contribution in [0.25, 0.3) is 0 Å². The lowest BCUT2D eigenvalue weighted by Crippen LogP contribution is -2.48. The lowest BCUT2D eigenvalue weighted by Gasteiger charge is -2.35. The summed E-state index contributed by atoms with van der Waals surface area (Å²) < 4.78 is 39.5.